The van der Waals surface area contributed by atoms with Crippen molar-refractivity contribution < 1.29 is 27.5 Å². The summed E-state index contributed by atoms with van der Waals surface area (Å²) in [6, 6.07) is 21.0. The molecule has 8 heteroatoms. The van der Waals surface area contributed by atoms with Crippen LogP contribution in [-0.4, -0.2) is 18.4 Å². The second-order valence-corrected chi connectivity index (χ2v) is 7.67. The van der Waals surface area contributed by atoms with Crippen LogP contribution >= 0.6 is 0 Å². The maximum absolute atomic E-state index is 12.9. The fourth-order valence-electron chi connectivity index (χ4n) is 3.65. The predicted molar refractivity (Wildman–Crippen MR) is 118 cm³/mol. The minimum Gasteiger partial charge on any atom is -0.489 e. The predicted octanol–water partition coefficient (Wildman–Crippen LogP) is 5.28. The van der Waals surface area contributed by atoms with Gasteiger partial charge in [0, 0.05) is 17.9 Å². The van der Waals surface area contributed by atoms with Crippen LogP contribution in [0, 0.1) is 5.92 Å². The van der Waals surface area contributed by atoms with Crippen LogP contribution in [0.1, 0.15) is 17.5 Å². The maximum atomic E-state index is 12.9. The zero-order chi connectivity index (χ0) is 23.4. The van der Waals surface area contributed by atoms with Gasteiger partial charge in [0.2, 0.25) is 11.8 Å². The summed E-state index contributed by atoms with van der Waals surface area (Å²) in [5, 5.41) is 2.43. The Labute approximate surface area is 188 Å². The molecule has 5 nitrogen and oxygen atoms in total. The number of amides is 2. The average molecular weight is 454 g/mol. The summed E-state index contributed by atoms with van der Waals surface area (Å²) in [6.45, 7) is 0.754. The molecule has 1 aliphatic rings. The lowest BCUT2D eigenvalue weighted by atomic mass is 10.1. The second kappa shape index (κ2) is 9.36. The standard InChI is InChI=1S/C25H21F3N2O3/c26-25(27,28)18-7-4-8-19(15-18)29-23(31)22-13-14-30(24(22)32)20-9-11-21(12-10-20)33-16-17-5-2-1-3-6-17/h1-12,15,22H,13-14,16H2,(H,29,31). The highest BCUT2D eigenvalue weighted by Gasteiger charge is 2.38. The third-order valence-electron chi connectivity index (χ3n) is 5.38. The first-order chi connectivity index (χ1) is 15.8. The molecule has 1 N–H and O–H groups in total. The van der Waals surface area contributed by atoms with Crippen molar-refractivity contribution in [3.63, 3.8) is 0 Å². The quantitative estimate of drug-likeness (QED) is 0.516. The van der Waals surface area contributed by atoms with E-state index in [0.717, 1.165) is 17.7 Å². The van der Waals surface area contributed by atoms with E-state index in [1.165, 1.54) is 17.0 Å². The molecule has 170 valence electrons. The molecule has 0 spiro atoms. The Morgan fingerprint density at radius 1 is 1.00 bits per heavy atom. The SMILES string of the molecule is O=C(Nc1cccc(C(F)(F)F)c1)C1CCN(c2ccc(OCc3ccccc3)cc2)C1=O. The molecule has 1 unspecified atom stereocenters. The van der Waals surface area contributed by atoms with Gasteiger partial charge in [-0.05, 0) is 54.4 Å². The summed E-state index contributed by atoms with van der Waals surface area (Å²) in [5.74, 6) is -1.33. The lowest BCUT2D eigenvalue weighted by Gasteiger charge is -2.17. The molecule has 1 fully saturated rings. The van der Waals surface area contributed by atoms with E-state index in [1.807, 2.05) is 30.3 Å². The minimum absolute atomic E-state index is 0.000919. The first kappa shape index (κ1) is 22.4. The lowest BCUT2D eigenvalue weighted by molar-refractivity contribution is -0.137. The highest BCUT2D eigenvalue weighted by Crippen LogP contribution is 2.32. The number of alkyl halides is 3. The van der Waals surface area contributed by atoms with E-state index in [0.29, 0.717) is 24.6 Å². The van der Waals surface area contributed by atoms with Crippen molar-refractivity contribution in [2.45, 2.75) is 19.2 Å². The second-order valence-electron chi connectivity index (χ2n) is 7.67. The van der Waals surface area contributed by atoms with Crippen molar-refractivity contribution in [1.29, 1.82) is 0 Å². The summed E-state index contributed by atoms with van der Waals surface area (Å²) in [6.07, 6.45) is -4.24. The van der Waals surface area contributed by atoms with E-state index in [9.17, 15) is 22.8 Å². The molecule has 0 aliphatic carbocycles. The molecule has 4 rings (SSSR count). The first-order valence-corrected chi connectivity index (χ1v) is 10.4. The van der Waals surface area contributed by atoms with Crippen molar-refractivity contribution in [2.24, 2.45) is 5.92 Å². The molecule has 0 radical (unpaired) electrons. The van der Waals surface area contributed by atoms with Gasteiger partial charge in [0.15, 0.2) is 0 Å². The topological polar surface area (TPSA) is 58.6 Å². The largest absolute Gasteiger partial charge is 0.489 e. The van der Waals surface area contributed by atoms with Gasteiger partial charge in [-0.25, -0.2) is 0 Å². The van der Waals surface area contributed by atoms with E-state index in [1.54, 1.807) is 24.3 Å². The van der Waals surface area contributed by atoms with Crippen LogP contribution in [0.5, 0.6) is 5.75 Å². The number of anilines is 2. The van der Waals surface area contributed by atoms with Crippen molar-refractivity contribution in [3.8, 4) is 5.75 Å². The van der Waals surface area contributed by atoms with Gasteiger partial charge in [-0.15, -0.1) is 0 Å². The number of benzene rings is 3. The summed E-state index contributed by atoms with van der Waals surface area (Å²) in [5.41, 5.74) is 0.794. The highest BCUT2D eigenvalue weighted by molar-refractivity contribution is 6.13. The number of halogens is 3. The van der Waals surface area contributed by atoms with Gasteiger partial charge < -0.3 is 15.0 Å². The van der Waals surface area contributed by atoms with E-state index in [-0.39, 0.29) is 12.1 Å². The Balaban J connectivity index is 1.37. The Morgan fingerprint density at radius 2 is 1.73 bits per heavy atom. The Morgan fingerprint density at radius 3 is 2.42 bits per heavy atom. The number of carbonyl (C=O) groups is 2. The summed E-state index contributed by atoms with van der Waals surface area (Å²) in [7, 11) is 0. The van der Waals surface area contributed by atoms with Crippen LogP contribution in [0.4, 0.5) is 24.5 Å². The van der Waals surface area contributed by atoms with Crippen LogP contribution in [0.3, 0.4) is 0 Å². The Kier molecular flexibility index (Phi) is 6.35. The van der Waals surface area contributed by atoms with Crippen LogP contribution in [0.25, 0.3) is 0 Å². The fourth-order valence-corrected chi connectivity index (χ4v) is 3.65. The smallest absolute Gasteiger partial charge is 0.416 e. The average Bonchev–Trinajstić information content (AvgIpc) is 3.20. The molecular formula is C25H21F3N2O3. The van der Waals surface area contributed by atoms with E-state index in [2.05, 4.69) is 5.32 Å². The molecule has 2 amide bonds. The maximum Gasteiger partial charge on any atom is 0.416 e. The van der Waals surface area contributed by atoms with Crippen LogP contribution < -0.4 is 15.0 Å². The third-order valence-corrected chi connectivity index (χ3v) is 5.38. The molecule has 0 bridgehead atoms. The van der Waals surface area contributed by atoms with Gasteiger partial charge in [0.1, 0.15) is 18.3 Å². The lowest BCUT2D eigenvalue weighted by Crippen LogP contribution is -2.33. The zero-order valence-corrected chi connectivity index (χ0v) is 17.5. The van der Waals surface area contributed by atoms with E-state index >= 15 is 0 Å². The normalized spacial score (nSPS) is 16.0. The van der Waals surface area contributed by atoms with Gasteiger partial charge >= 0.3 is 6.18 Å². The minimum atomic E-state index is -4.52. The van der Waals surface area contributed by atoms with Crippen molar-refractivity contribution in [1.82, 2.24) is 0 Å². The first-order valence-electron chi connectivity index (χ1n) is 10.4. The van der Waals surface area contributed by atoms with E-state index < -0.39 is 29.5 Å². The summed E-state index contributed by atoms with van der Waals surface area (Å²) >= 11 is 0. The zero-order valence-electron chi connectivity index (χ0n) is 17.5. The van der Waals surface area contributed by atoms with Gasteiger partial charge in [-0.2, -0.15) is 13.2 Å². The fraction of sp³-hybridized carbons (Fsp3) is 0.200. The monoisotopic (exact) mass is 454 g/mol. The number of hydrogen-bond acceptors (Lipinski definition) is 3. The molecule has 1 heterocycles. The number of hydrogen-bond donors (Lipinski definition) is 1. The number of nitrogens with one attached hydrogen (secondary N) is 1. The highest BCUT2D eigenvalue weighted by atomic mass is 19.4. The van der Waals surface area contributed by atoms with Gasteiger partial charge in [-0.1, -0.05) is 36.4 Å². The molecule has 1 atom stereocenters. The molecule has 1 aliphatic heterocycles. The number of carbonyl (C=O) groups excluding carboxylic acids is 2. The number of ether oxygens (including phenoxy) is 1. The third kappa shape index (κ3) is 5.34. The van der Waals surface area contributed by atoms with Gasteiger partial charge in [0.05, 0.1) is 5.56 Å². The van der Waals surface area contributed by atoms with Crippen LogP contribution in [-0.2, 0) is 22.4 Å². The summed E-state index contributed by atoms with van der Waals surface area (Å²) < 4.78 is 44.4. The molecule has 33 heavy (non-hydrogen) atoms. The molecule has 0 saturated carbocycles. The van der Waals surface area contributed by atoms with Crippen LogP contribution in [0.2, 0.25) is 0 Å². The van der Waals surface area contributed by atoms with Crippen molar-refractivity contribution in [2.75, 3.05) is 16.8 Å². The molecule has 3 aromatic carbocycles. The van der Waals surface area contributed by atoms with Crippen molar-refractivity contribution in [3.05, 3.63) is 90.0 Å². The Bertz CT molecular complexity index is 1130. The molecule has 3 aromatic rings. The Hall–Kier alpha value is -3.81. The van der Waals surface area contributed by atoms with Gasteiger partial charge in [0.25, 0.3) is 0 Å². The number of rotatable bonds is 6. The van der Waals surface area contributed by atoms with Crippen LogP contribution in [0.15, 0.2) is 78.9 Å². The molecule has 1 saturated heterocycles. The molecular weight excluding hydrogens is 433 g/mol. The summed E-state index contributed by atoms with van der Waals surface area (Å²) in [4.78, 5) is 26.9. The number of nitrogens with zero attached hydrogens (tertiary/aromatic N) is 1. The molecule has 0 aromatic heterocycles. The van der Waals surface area contributed by atoms with Crippen molar-refractivity contribution >= 4 is 23.2 Å². The van der Waals surface area contributed by atoms with Gasteiger partial charge in [-0.3, -0.25) is 9.59 Å². The van der Waals surface area contributed by atoms with E-state index in [4.69, 9.17) is 4.74 Å².